The third kappa shape index (κ3) is 2.37. The number of alkyl halides is 1. The van der Waals surface area contributed by atoms with E-state index in [1.165, 1.54) is 6.33 Å². The van der Waals surface area contributed by atoms with Crippen molar-refractivity contribution in [3.05, 3.63) is 47.9 Å². The first-order valence-electron chi connectivity index (χ1n) is 5.85. The van der Waals surface area contributed by atoms with Crippen molar-refractivity contribution < 1.29 is 0 Å². The zero-order valence-electron chi connectivity index (χ0n) is 10.3. The lowest BCUT2D eigenvalue weighted by molar-refractivity contribution is 0.937. The van der Waals surface area contributed by atoms with Crippen molar-refractivity contribution in [2.75, 3.05) is 5.32 Å². The number of benzene rings is 1. The van der Waals surface area contributed by atoms with Crippen LogP contribution in [0.25, 0.3) is 5.78 Å². The van der Waals surface area contributed by atoms with Gasteiger partial charge in [-0.2, -0.15) is 14.6 Å². The number of anilines is 2. The van der Waals surface area contributed by atoms with E-state index in [-0.39, 0.29) is 0 Å². The van der Waals surface area contributed by atoms with Crippen LogP contribution in [-0.4, -0.2) is 19.6 Å². The molecule has 0 bridgehead atoms. The molecule has 0 aliphatic heterocycles. The topological polar surface area (TPSA) is 55.1 Å². The molecule has 2 aromatic heterocycles. The highest BCUT2D eigenvalue weighted by Gasteiger charge is 2.05. The number of nitrogens with one attached hydrogen (secondary N) is 1. The van der Waals surface area contributed by atoms with Crippen molar-refractivity contribution >= 4 is 28.9 Å². The zero-order valence-corrected chi connectivity index (χ0v) is 11.1. The second kappa shape index (κ2) is 4.85. The molecule has 96 valence electrons. The second-order valence-corrected chi connectivity index (χ2v) is 4.48. The molecule has 3 aromatic rings. The molecule has 0 fully saturated rings. The molecule has 5 nitrogen and oxygen atoms in total. The van der Waals surface area contributed by atoms with Gasteiger partial charge in [0.2, 0.25) is 0 Å². The summed E-state index contributed by atoms with van der Waals surface area (Å²) in [6.07, 6.45) is 1.49. The standard InChI is InChI=1S/C13H12ClN5/c1-9-6-12(19-13(17-9)15-8-16-19)18-11-4-2-10(7-14)3-5-11/h2-6,8,18H,7H2,1H3. The summed E-state index contributed by atoms with van der Waals surface area (Å²) in [6, 6.07) is 9.87. The zero-order chi connectivity index (χ0) is 13.2. The van der Waals surface area contributed by atoms with Crippen LogP contribution in [0.2, 0.25) is 0 Å². The van der Waals surface area contributed by atoms with Gasteiger partial charge in [-0.15, -0.1) is 11.6 Å². The summed E-state index contributed by atoms with van der Waals surface area (Å²) in [6.45, 7) is 1.93. The van der Waals surface area contributed by atoms with Crippen LogP contribution >= 0.6 is 11.6 Å². The van der Waals surface area contributed by atoms with E-state index >= 15 is 0 Å². The van der Waals surface area contributed by atoms with Gasteiger partial charge in [0.15, 0.2) is 0 Å². The first-order chi connectivity index (χ1) is 9.26. The monoisotopic (exact) mass is 273 g/mol. The molecule has 0 radical (unpaired) electrons. The first-order valence-corrected chi connectivity index (χ1v) is 6.39. The Morgan fingerprint density at radius 1 is 1.26 bits per heavy atom. The fraction of sp³-hybridized carbons (Fsp3) is 0.154. The SMILES string of the molecule is Cc1cc(Nc2ccc(CCl)cc2)n2ncnc2n1. The van der Waals surface area contributed by atoms with E-state index < -0.39 is 0 Å². The van der Waals surface area contributed by atoms with Crippen LogP contribution in [0, 0.1) is 6.92 Å². The van der Waals surface area contributed by atoms with Gasteiger partial charge >= 0.3 is 0 Å². The van der Waals surface area contributed by atoms with E-state index in [2.05, 4.69) is 20.4 Å². The van der Waals surface area contributed by atoms with Gasteiger partial charge in [0.25, 0.3) is 5.78 Å². The average molecular weight is 274 g/mol. The van der Waals surface area contributed by atoms with Crippen molar-refractivity contribution in [3.8, 4) is 0 Å². The fourth-order valence-electron chi connectivity index (χ4n) is 1.84. The number of rotatable bonds is 3. The molecule has 3 rings (SSSR count). The molecule has 6 heteroatoms. The lowest BCUT2D eigenvalue weighted by Crippen LogP contribution is -2.02. The predicted molar refractivity (Wildman–Crippen MR) is 74.8 cm³/mol. The summed E-state index contributed by atoms with van der Waals surface area (Å²) < 4.78 is 1.67. The van der Waals surface area contributed by atoms with Crippen molar-refractivity contribution in [2.45, 2.75) is 12.8 Å². The highest BCUT2D eigenvalue weighted by molar-refractivity contribution is 6.17. The van der Waals surface area contributed by atoms with Crippen molar-refractivity contribution in [1.29, 1.82) is 0 Å². The highest BCUT2D eigenvalue weighted by Crippen LogP contribution is 2.18. The number of hydrogen-bond acceptors (Lipinski definition) is 4. The Labute approximate surface area is 115 Å². The smallest absolute Gasteiger partial charge is 0.254 e. The van der Waals surface area contributed by atoms with E-state index in [9.17, 15) is 0 Å². The van der Waals surface area contributed by atoms with Crippen molar-refractivity contribution in [2.24, 2.45) is 0 Å². The number of hydrogen-bond donors (Lipinski definition) is 1. The van der Waals surface area contributed by atoms with Crippen molar-refractivity contribution in [1.82, 2.24) is 19.6 Å². The van der Waals surface area contributed by atoms with Gasteiger partial charge < -0.3 is 5.32 Å². The van der Waals surface area contributed by atoms with E-state index in [4.69, 9.17) is 11.6 Å². The normalized spacial score (nSPS) is 10.8. The van der Waals surface area contributed by atoms with E-state index in [0.717, 1.165) is 22.8 Å². The number of aromatic nitrogens is 4. The van der Waals surface area contributed by atoms with Gasteiger partial charge in [-0.3, -0.25) is 0 Å². The van der Waals surface area contributed by atoms with Crippen LogP contribution in [0.5, 0.6) is 0 Å². The van der Waals surface area contributed by atoms with Gasteiger partial charge in [-0.1, -0.05) is 12.1 Å². The van der Waals surface area contributed by atoms with Crippen molar-refractivity contribution in [3.63, 3.8) is 0 Å². The van der Waals surface area contributed by atoms with Crippen LogP contribution in [-0.2, 0) is 5.88 Å². The largest absolute Gasteiger partial charge is 0.340 e. The maximum absolute atomic E-state index is 5.77. The Balaban J connectivity index is 1.97. The summed E-state index contributed by atoms with van der Waals surface area (Å²) in [5.74, 6) is 1.93. The van der Waals surface area contributed by atoms with Gasteiger partial charge in [0.05, 0.1) is 0 Å². The molecular weight excluding hydrogens is 262 g/mol. The lowest BCUT2D eigenvalue weighted by atomic mass is 10.2. The van der Waals surface area contributed by atoms with Crippen LogP contribution in [0.15, 0.2) is 36.7 Å². The second-order valence-electron chi connectivity index (χ2n) is 4.21. The molecule has 0 aliphatic carbocycles. The van der Waals surface area contributed by atoms with E-state index in [1.807, 2.05) is 37.3 Å². The molecule has 19 heavy (non-hydrogen) atoms. The van der Waals surface area contributed by atoms with Gasteiger partial charge in [-0.05, 0) is 24.6 Å². The summed E-state index contributed by atoms with van der Waals surface area (Å²) in [5.41, 5.74) is 2.95. The molecule has 0 aliphatic rings. The first kappa shape index (κ1) is 11.9. The maximum atomic E-state index is 5.77. The Morgan fingerprint density at radius 3 is 2.79 bits per heavy atom. The van der Waals surface area contributed by atoms with Gasteiger partial charge in [0.1, 0.15) is 12.1 Å². The number of nitrogens with zero attached hydrogens (tertiary/aromatic N) is 4. The highest BCUT2D eigenvalue weighted by atomic mass is 35.5. The molecule has 0 amide bonds. The van der Waals surface area contributed by atoms with Crippen LogP contribution in [0.4, 0.5) is 11.5 Å². The average Bonchev–Trinajstić information content (AvgIpc) is 2.88. The maximum Gasteiger partial charge on any atom is 0.254 e. The molecule has 0 spiro atoms. The van der Waals surface area contributed by atoms with Crippen LogP contribution < -0.4 is 5.32 Å². The molecule has 2 heterocycles. The molecule has 1 N–H and O–H groups in total. The van der Waals surface area contributed by atoms with Gasteiger partial charge in [-0.25, -0.2) is 4.98 Å². The van der Waals surface area contributed by atoms with Crippen LogP contribution in [0.3, 0.4) is 0 Å². The number of halogens is 1. The Bertz CT molecular complexity index is 705. The summed E-state index contributed by atoms with van der Waals surface area (Å²) in [4.78, 5) is 8.39. The number of aryl methyl sites for hydroxylation is 1. The molecule has 1 aromatic carbocycles. The minimum absolute atomic E-state index is 0.516. The third-order valence-electron chi connectivity index (χ3n) is 2.76. The Morgan fingerprint density at radius 2 is 2.05 bits per heavy atom. The van der Waals surface area contributed by atoms with Gasteiger partial charge in [0, 0.05) is 23.3 Å². The minimum atomic E-state index is 0.516. The quantitative estimate of drug-likeness (QED) is 0.746. The fourth-order valence-corrected chi connectivity index (χ4v) is 2.02. The summed E-state index contributed by atoms with van der Waals surface area (Å²) in [7, 11) is 0. The van der Waals surface area contributed by atoms with E-state index in [1.54, 1.807) is 4.52 Å². The Kier molecular flexibility index (Phi) is 3.05. The molecule has 0 atom stereocenters. The Hall–Kier alpha value is -2.14. The molecular formula is C13H12ClN5. The lowest BCUT2D eigenvalue weighted by Gasteiger charge is -2.09. The minimum Gasteiger partial charge on any atom is -0.340 e. The van der Waals surface area contributed by atoms with Crippen LogP contribution in [0.1, 0.15) is 11.3 Å². The summed E-state index contributed by atoms with van der Waals surface area (Å²) in [5, 5.41) is 7.45. The molecule has 0 unspecified atom stereocenters. The molecule has 0 saturated heterocycles. The molecule has 0 saturated carbocycles. The predicted octanol–water partition coefficient (Wildman–Crippen LogP) is 2.92. The number of fused-ring (bicyclic) bond motifs is 1. The summed E-state index contributed by atoms with van der Waals surface area (Å²) >= 11 is 5.77. The third-order valence-corrected chi connectivity index (χ3v) is 3.07. The van der Waals surface area contributed by atoms with E-state index in [0.29, 0.717) is 11.7 Å².